The number of rotatable bonds is 7. The van der Waals surface area contributed by atoms with E-state index in [0.29, 0.717) is 5.69 Å². The van der Waals surface area contributed by atoms with Gasteiger partial charge in [-0.1, -0.05) is 17.7 Å². The summed E-state index contributed by atoms with van der Waals surface area (Å²) in [6.07, 6.45) is -4.70. The number of halogens is 6. The third-order valence-corrected chi connectivity index (χ3v) is 5.97. The van der Waals surface area contributed by atoms with Crippen molar-refractivity contribution in [1.29, 1.82) is 0 Å². The normalized spacial score (nSPS) is 11.9. The summed E-state index contributed by atoms with van der Waals surface area (Å²) in [5, 5.41) is 19.8. The average molecular weight is 637 g/mol. The number of aromatic nitrogens is 2. The summed E-state index contributed by atoms with van der Waals surface area (Å²) < 4.78 is 66.9. The van der Waals surface area contributed by atoms with E-state index >= 15 is 0 Å². The number of aryl methyl sites for hydroxylation is 1. The summed E-state index contributed by atoms with van der Waals surface area (Å²) in [6, 6.07) is 4.96. The number of nitrogens with zero attached hydrogens (tertiary/aromatic N) is 3. The zero-order valence-electron chi connectivity index (χ0n) is 23.9. The minimum absolute atomic E-state index is 0.0384. The van der Waals surface area contributed by atoms with Crippen LogP contribution in [0.2, 0.25) is 5.02 Å². The minimum Gasteiger partial charge on any atom is -0.485 e. The quantitative estimate of drug-likeness (QED) is 0.268. The van der Waals surface area contributed by atoms with Crippen LogP contribution < -0.4 is 10.1 Å². The molecule has 0 radical (unpaired) electrons. The first-order chi connectivity index (χ1) is 19.5. The number of benzene rings is 1. The fourth-order valence-electron chi connectivity index (χ4n) is 3.79. The van der Waals surface area contributed by atoms with Crippen LogP contribution in [-0.4, -0.2) is 66.3 Å². The number of alkyl halides is 3. The summed E-state index contributed by atoms with van der Waals surface area (Å²) >= 11 is 6.26. The van der Waals surface area contributed by atoms with Gasteiger partial charge in [-0.05, 0) is 53.7 Å². The molecule has 0 atom stereocenters. The number of carbonyl (C=O) groups is 3. The van der Waals surface area contributed by atoms with Crippen LogP contribution in [0.5, 0.6) is 5.75 Å². The van der Waals surface area contributed by atoms with Gasteiger partial charge in [0.2, 0.25) is 0 Å². The van der Waals surface area contributed by atoms with Crippen LogP contribution in [0.15, 0.2) is 30.5 Å². The van der Waals surface area contributed by atoms with Gasteiger partial charge >= 0.3 is 18.2 Å². The number of carboxylic acid groups (broad SMARTS) is 2. The van der Waals surface area contributed by atoms with E-state index in [0.717, 1.165) is 12.1 Å². The van der Waals surface area contributed by atoms with Crippen LogP contribution in [-0.2, 0) is 11.4 Å². The molecule has 16 heteroatoms. The number of aliphatic carboxylic acids is 1. The molecule has 10 nitrogen and oxygen atoms in total. The molecule has 0 aliphatic heterocycles. The highest BCUT2D eigenvalue weighted by atomic mass is 35.5. The number of fused-ring (bicyclic) bond motifs is 1. The first kappa shape index (κ1) is 35.1. The van der Waals surface area contributed by atoms with Crippen molar-refractivity contribution in [2.45, 2.75) is 65.4 Å². The first-order valence-corrected chi connectivity index (χ1v) is 12.8. The predicted molar refractivity (Wildman–Crippen MR) is 145 cm³/mol. The van der Waals surface area contributed by atoms with Crippen LogP contribution in [0.1, 0.15) is 56.4 Å². The van der Waals surface area contributed by atoms with Crippen molar-refractivity contribution in [3.8, 4) is 5.75 Å². The van der Waals surface area contributed by atoms with Gasteiger partial charge in [-0.15, -0.1) is 0 Å². The molecule has 3 N–H and O–H groups in total. The van der Waals surface area contributed by atoms with Crippen LogP contribution in [0.4, 0.5) is 26.7 Å². The second-order valence-corrected chi connectivity index (χ2v) is 11.4. The van der Waals surface area contributed by atoms with Crippen LogP contribution in [0.3, 0.4) is 0 Å². The van der Waals surface area contributed by atoms with E-state index in [1.165, 1.54) is 27.6 Å². The Bertz CT molecular complexity index is 1500. The fourth-order valence-corrected chi connectivity index (χ4v) is 3.99. The Labute approximate surface area is 248 Å². The van der Waals surface area contributed by atoms with E-state index in [-0.39, 0.29) is 34.2 Å². The van der Waals surface area contributed by atoms with Crippen molar-refractivity contribution >= 4 is 35.2 Å². The summed E-state index contributed by atoms with van der Waals surface area (Å²) in [5.74, 6) is -4.62. The van der Waals surface area contributed by atoms with Crippen molar-refractivity contribution in [2.24, 2.45) is 0 Å². The standard InChI is InChI=1S/C25H29ClF2N4O4.C2HF3O2/c1-14-20(22(33)30-25(5,6)13-32(23(34)35)24(2,3)4)31-11-15(26)10-19(21(31)29-14)36-12-16-17(27)8-7-9-18(16)28;3-2(4,5)1(6)7/h7-11H,12-13H2,1-6H3,(H,30,33)(H,34,35);(H,6,7). The molecule has 3 aromatic rings. The molecule has 0 saturated carbocycles. The van der Waals surface area contributed by atoms with E-state index in [1.807, 2.05) is 0 Å². The Morgan fingerprint density at radius 2 is 1.60 bits per heavy atom. The predicted octanol–water partition coefficient (Wildman–Crippen LogP) is 6.07. The van der Waals surface area contributed by atoms with Gasteiger partial charge < -0.3 is 25.2 Å². The molecule has 3 rings (SSSR count). The monoisotopic (exact) mass is 636 g/mol. The molecule has 2 heterocycles. The lowest BCUT2D eigenvalue weighted by molar-refractivity contribution is -0.192. The van der Waals surface area contributed by atoms with Gasteiger partial charge in [-0.2, -0.15) is 13.2 Å². The highest BCUT2D eigenvalue weighted by molar-refractivity contribution is 6.30. The van der Waals surface area contributed by atoms with E-state index in [2.05, 4.69) is 10.3 Å². The number of nitrogens with one attached hydrogen (secondary N) is 1. The zero-order valence-corrected chi connectivity index (χ0v) is 24.7. The molecule has 2 aromatic heterocycles. The van der Waals surface area contributed by atoms with E-state index < -0.39 is 53.5 Å². The van der Waals surface area contributed by atoms with Gasteiger partial charge in [0.25, 0.3) is 5.91 Å². The third-order valence-electron chi connectivity index (χ3n) is 5.76. The van der Waals surface area contributed by atoms with Crippen molar-refractivity contribution in [1.82, 2.24) is 19.6 Å². The molecule has 0 fully saturated rings. The Morgan fingerprint density at radius 1 is 1.07 bits per heavy atom. The SMILES string of the molecule is Cc1nc2c(OCc3c(F)cccc3F)cc(Cl)cn2c1C(=O)NC(C)(C)CN(C(=O)O)C(C)(C)C.O=C(O)C(F)(F)F. The molecular formula is C27H30ClF5N4O6. The number of hydrogen-bond acceptors (Lipinski definition) is 5. The largest absolute Gasteiger partial charge is 0.490 e. The molecule has 0 bridgehead atoms. The molecule has 2 amide bonds. The molecule has 1 aromatic carbocycles. The number of hydrogen-bond donors (Lipinski definition) is 3. The Balaban J connectivity index is 0.000000821. The van der Waals surface area contributed by atoms with Crippen molar-refractivity contribution in [3.05, 3.63) is 64.1 Å². The molecule has 0 unspecified atom stereocenters. The number of carboxylic acids is 1. The third kappa shape index (κ3) is 9.17. The number of amides is 2. The zero-order chi connectivity index (χ0) is 33.1. The summed E-state index contributed by atoms with van der Waals surface area (Å²) in [6.45, 7) is 10.00. The molecular weight excluding hydrogens is 607 g/mol. The Hall–Kier alpha value is -4.14. The van der Waals surface area contributed by atoms with E-state index in [4.69, 9.17) is 26.2 Å². The van der Waals surface area contributed by atoms with Gasteiger partial charge in [0, 0.05) is 24.3 Å². The van der Waals surface area contributed by atoms with Gasteiger partial charge in [0.15, 0.2) is 11.4 Å². The maximum absolute atomic E-state index is 14.0. The second kappa shape index (κ2) is 13.0. The van der Waals surface area contributed by atoms with Crippen molar-refractivity contribution < 1.29 is 51.3 Å². The average Bonchev–Trinajstić information content (AvgIpc) is 3.16. The number of carbonyl (C=O) groups excluding carboxylic acids is 1. The van der Waals surface area contributed by atoms with Crippen molar-refractivity contribution in [2.75, 3.05) is 6.54 Å². The van der Waals surface area contributed by atoms with Gasteiger partial charge in [-0.25, -0.2) is 23.4 Å². The van der Waals surface area contributed by atoms with Crippen molar-refractivity contribution in [3.63, 3.8) is 0 Å². The van der Waals surface area contributed by atoms with Gasteiger partial charge in [0.1, 0.15) is 23.9 Å². The lowest BCUT2D eigenvalue weighted by Gasteiger charge is -2.39. The first-order valence-electron chi connectivity index (χ1n) is 12.4. The van der Waals surface area contributed by atoms with Gasteiger partial charge in [-0.3, -0.25) is 9.20 Å². The van der Waals surface area contributed by atoms with Gasteiger partial charge in [0.05, 0.1) is 21.8 Å². The maximum atomic E-state index is 14.0. The van der Waals surface area contributed by atoms with Crippen LogP contribution in [0, 0.1) is 18.6 Å². The van der Waals surface area contributed by atoms with Crippen LogP contribution >= 0.6 is 11.6 Å². The molecule has 0 spiro atoms. The number of imidazole rings is 1. The smallest absolute Gasteiger partial charge is 0.485 e. The molecule has 0 aliphatic carbocycles. The van der Waals surface area contributed by atoms with Crippen LogP contribution in [0.25, 0.3) is 5.65 Å². The van der Waals surface area contributed by atoms with E-state index in [9.17, 15) is 36.6 Å². The Morgan fingerprint density at radius 3 is 2.07 bits per heavy atom. The highest BCUT2D eigenvalue weighted by Gasteiger charge is 2.38. The highest BCUT2D eigenvalue weighted by Crippen LogP contribution is 2.28. The topological polar surface area (TPSA) is 133 Å². The lowest BCUT2D eigenvalue weighted by atomic mass is 9.99. The lowest BCUT2D eigenvalue weighted by Crippen LogP contribution is -2.57. The summed E-state index contributed by atoms with van der Waals surface area (Å²) in [4.78, 5) is 39.7. The maximum Gasteiger partial charge on any atom is 0.490 e. The number of pyridine rings is 1. The minimum atomic E-state index is -5.08. The second-order valence-electron chi connectivity index (χ2n) is 10.9. The molecule has 0 saturated heterocycles. The fraction of sp³-hybridized carbons (Fsp3) is 0.407. The molecule has 236 valence electrons. The molecule has 0 aliphatic rings. The summed E-state index contributed by atoms with van der Waals surface area (Å²) in [5.41, 5.74) is -1.10. The Kier molecular flexibility index (Phi) is 10.6. The summed E-state index contributed by atoms with van der Waals surface area (Å²) in [7, 11) is 0. The molecule has 43 heavy (non-hydrogen) atoms. The van der Waals surface area contributed by atoms with E-state index in [1.54, 1.807) is 41.5 Å². The number of ether oxygens (including phenoxy) is 1.